The molecule has 1 amide bonds. The van der Waals surface area contributed by atoms with Gasteiger partial charge in [0.2, 0.25) is 5.91 Å². The smallest absolute Gasteiger partial charge is 0.237 e. The molecule has 0 saturated carbocycles. The second-order valence-electron chi connectivity index (χ2n) is 7.77. The number of benzene rings is 2. The number of amides is 1. The predicted molar refractivity (Wildman–Crippen MR) is 121 cm³/mol. The fraction of sp³-hybridized carbons (Fsp3) is 0.458. The summed E-state index contributed by atoms with van der Waals surface area (Å²) in [5.41, 5.74) is 3.64. The first kappa shape index (κ1) is 22.0. The van der Waals surface area contributed by atoms with E-state index in [9.17, 15) is 4.79 Å². The van der Waals surface area contributed by atoms with E-state index in [-0.39, 0.29) is 11.9 Å². The van der Waals surface area contributed by atoms with Crippen LogP contribution >= 0.6 is 0 Å². The van der Waals surface area contributed by atoms with Gasteiger partial charge in [0.05, 0.1) is 20.3 Å². The Hall–Kier alpha value is -2.73. The van der Waals surface area contributed by atoms with Gasteiger partial charge in [-0.25, -0.2) is 0 Å². The molecule has 1 heterocycles. The number of hydrogen-bond donors (Lipinski definition) is 1. The van der Waals surface area contributed by atoms with Crippen molar-refractivity contribution in [3.8, 4) is 11.5 Å². The zero-order chi connectivity index (χ0) is 21.5. The minimum Gasteiger partial charge on any atom is -0.493 e. The van der Waals surface area contributed by atoms with Crippen LogP contribution in [0.3, 0.4) is 0 Å². The van der Waals surface area contributed by atoms with Crippen LogP contribution in [0.2, 0.25) is 0 Å². The summed E-state index contributed by atoms with van der Waals surface area (Å²) in [4.78, 5) is 17.3. The van der Waals surface area contributed by atoms with Crippen molar-refractivity contribution < 1.29 is 14.3 Å². The van der Waals surface area contributed by atoms with Gasteiger partial charge in [-0.05, 0) is 55.7 Å². The largest absolute Gasteiger partial charge is 0.493 e. The summed E-state index contributed by atoms with van der Waals surface area (Å²) in [5.74, 6) is 1.50. The van der Waals surface area contributed by atoms with Gasteiger partial charge in [-0.15, -0.1) is 0 Å². The van der Waals surface area contributed by atoms with Crippen LogP contribution in [-0.2, 0) is 11.2 Å². The average Bonchev–Trinajstić information content (AvgIpc) is 2.78. The highest BCUT2D eigenvalue weighted by molar-refractivity contribution is 5.81. The van der Waals surface area contributed by atoms with Crippen LogP contribution < -0.4 is 19.7 Å². The molecule has 1 fully saturated rings. The molecule has 0 spiro atoms. The normalized spacial score (nSPS) is 15.5. The number of methoxy groups -OCH3 is 2. The molecular formula is C24H33N3O3. The Labute approximate surface area is 179 Å². The van der Waals surface area contributed by atoms with Gasteiger partial charge in [0.25, 0.3) is 0 Å². The number of nitrogens with zero attached hydrogens (tertiary/aromatic N) is 2. The minimum absolute atomic E-state index is 0.0829. The lowest BCUT2D eigenvalue weighted by Crippen LogP contribution is -2.54. The quantitative estimate of drug-likeness (QED) is 0.724. The molecule has 30 heavy (non-hydrogen) atoms. The first-order valence-electron chi connectivity index (χ1n) is 10.6. The number of ether oxygens (including phenoxy) is 2. The second-order valence-corrected chi connectivity index (χ2v) is 7.77. The van der Waals surface area contributed by atoms with Crippen LogP contribution in [-0.4, -0.2) is 63.8 Å². The summed E-state index contributed by atoms with van der Waals surface area (Å²) in [6.07, 6.45) is 0.750. The van der Waals surface area contributed by atoms with Gasteiger partial charge in [0.1, 0.15) is 0 Å². The maximum absolute atomic E-state index is 12.6. The molecule has 162 valence electrons. The van der Waals surface area contributed by atoms with Crippen molar-refractivity contribution in [2.45, 2.75) is 26.3 Å². The summed E-state index contributed by atoms with van der Waals surface area (Å²) >= 11 is 0. The lowest BCUT2D eigenvalue weighted by molar-refractivity contribution is -0.125. The third kappa shape index (κ3) is 5.45. The van der Waals surface area contributed by atoms with E-state index in [0.29, 0.717) is 18.0 Å². The van der Waals surface area contributed by atoms with Crippen LogP contribution in [0.4, 0.5) is 5.69 Å². The lowest BCUT2D eigenvalue weighted by Gasteiger charge is -2.38. The molecule has 0 bridgehead atoms. The zero-order valence-electron chi connectivity index (χ0n) is 18.5. The molecule has 0 aliphatic carbocycles. The topological polar surface area (TPSA) is 54.0 Å². The third-order valence-corrected chi connectivity index (χ3v) is 5.77. The van der Waals surface area contributed by atoms with Crippen LogP contribution in [0.1, 0.15) is 18.1 Å². The molecule has 2 aromatic carbocycles. The Balaban J connectivity index is 1.45. The van der Waals surface area contributed by atoms with Crippen molar-refractivity contribution in [3.05, 3.63) is 53.6 Å². The fourth-order valence-electron chi connectivity index (χ4n) is 3.87. The summed E-state index contributed by atoms with van der Waals surface area (Å²) in [6, 6.07) is 14.3. The Bertz CT molecular complexity index is 847. The van der Waals surface area contributed by atoms with Crippen LogP contribution in [0.15, 0.2) is 42.5 Å². The van der Waals surface area contributed by atoms with E-state index in [0.717, 1.165) is 38.2 Å². The van der Waals surface area contributed by atoms with Crippen molar-refractivity contribution in [2.24, 2.45) is 0 Å². The summed E-state index contributed by atoms with van der Waals surface area (Å²) in [7, 11) is 3.25. The van der Waals surface area contributed by atoms with E-state index in [1.807, 2.05) is 25.1 Å². The molecule has 2 aromatic rings. The Morgan fingerprint density at radius 3 is 2.43 bits per heavy atom. The highest BCUT2D eigenvalue weighted by Crippen LogP contribution is 2.27. The number of anilines is 1. The monoisotopic (exact) mass is 411 g/mol. The average molecular weight is 412 g/mol. The molecule has 1 aliphatic heterocycles. The zero-order valence-corrected chi connectivity index (χ0v) is 18.5. The highest BCUT2D eigenvalue weighted by Gasteiger charge is 2.25. The third-order valence-electron chi connectivity index (χ3n) is 5.77. The minimum atomic E-state index is -0.130. The van der Waals surface area contributed by atoms with Crippen molar-refractivity contribution in [1.29, 1.82) is 0 Å². The molecule has 6 heteroatoms. The molecule has 6 nitrogen and oxygen atoms in total. The van der Waals surface area contributed by atoms with E-state index < -0.39 is 0 Å². The number of rotatable bonds is 8. The Morgan fingerprint density at radius 2 is 1.77 bits per heavy atom. The van der Waals surface area contributed by atoms with Crippen LogP contribution in [0.25, 0.3) is 0 Å². The summed E-state index contributed by atoms with van der Waals surface area (Å²) in [5, 5.41) is 3.08. The maximum atomic E-state index is 12.6. The standard InChI is InChI=1S/C24H33N3O3/c1-18-6-5-7-21(16-18)27-14-12-26(13-15-27)19(2)24(28)25-11-10-20-8-9-22(29-3)23(17-20)30-4/h5-9,16-17,19H,10-15H2,1-4H3,(H,25,28). The van der Waals surface area contributed by atoms with E-state index in [1.54, 1.807) is 14.2 Å². The Kier molecular flexibility index (Phi) is 7.57. The molecule has 1 atom stereocenters. The van der Waals surface area contributed by atoms with E-state index in [2.05, 4.69) is 46.3 Å². The van der Waals surface area contributed by atoms with E-state index in [4.69, 9.17) is 9.47 Å². The summed E-state index contributed by atoms with van der Waals surface area (Å²) in [6.45, 7) is 8.36. The van der Waals surface area contributed by atoms with Gasteiger partial charge in [0.15, 0.2) is 11.5 Å². The molecule has 1 aliphatic rings. The first-order valence-corrected chi connectivity index (χ1v) is 10.6. The summed E-state index contributed by atoms with van der Waals surface area (Å²) < 4.78 is 10.6. The predicted octanol–water partition coefficient (Wildman–Crippen LogP) is 2.88. The van der Waals surface area contributed by atoms with Crippen molar-refractivity contribution in [3.63, 3.8) is 0 Å². The number of carbonyl (C=O) groups is 1. The number of hydrogen-bond acceptors (Lipinski definition) is 5. The van der Waals surface area contributed by atoms with Gasteiger partial charge < -0.3 is 19.7 Å². The van der Waals surface area contributed by atoms with Crippen molar-refractivity contribution >= 4 is 11.6 Å². The fourth-order valence-corrected chi connectivity index (χ4v) is 3.87. The number of nitrogens with one attached hydrogen (secondary N) is 1. The van der Waals surface area contributed by atoms with Gasteiger partial charge in [0, 0.05) is 38.4 Å². The molecule has 0 radical (unpaired) electrons. The number of carbonyl (C=O) groups excluding carboxylic acids is 1. The van der Waals surface area contributed by atoms with Gasteiger partial charge in [-0.1, -0.05) is 18.2 Å². The van der Waals surface area contributed by atoms with Crippen molar-refractivity contribution in [1.82, 2.24) is 10.2 Å². The molecule has 0 aromatic heterocycles. The van der Waals surface area contributed by atoms with Crippen molar-refractivity contribution in [2.75, 3.05) is 51.8 Å². The number of aryl methyl sites for hydroxylation is 1. The molecule has 3 rings (SSSR count). The Morgan fingerprint density at radius 1 is 1.03 bits per heavy atom. The van der Waals surface area contributed by atoms with Gasteiger partial charge in [-0.3, -0.25) is 9.69 Å². The molecule has 1 saturated heterocycles. The van der Waals surface area contributed by atoms with Gasteiger partial charge >= 0.3 is 0 Å². The molecule has 1 N–H and O–H groups in total. The van der Waals surface area contributed by atoms with Gasteiger partial charge in [-0.2, -0.15) is 0 Å². The van der Waals surface area contributed by atoms with Crippen LogP contribution in [0.5, 0.6) is 11.5 Å². The van der Waals surface area contributed by atoms with E-state index >= 15 is 0 Å². The van der Waals surface area contributed by atoms with E-state index in [1.165, 1.54) is 11.3 Å². The molecular weight excluding hydrogens is 378 g/mol. The number of piperazine rings is 1. The van der Waals surface area contributed by atoms with Crippen LogP contribution in [0, 0.1) is 6.92 Å². The molecule has 1 unspecified atom stereocenters. The highest BCUT2D eigenvalue weighted by atomic mass is 16.5. The first-order chi connectivity index (χ1) is 14.5. The second kappa shape index (κ2) is 10.3. The lowest BCUT2D eigenvalue weighted by atomic mass is 10.1. The maximum Gasteiger partial charge on any atom is 0.237 e. The SMILES string of the molecule is COc1ccc(CCNC(=O)C(C)N2CCN(c3cccc(C)c3)CC2)cc1OC.